The number of nitrogens with zero attached hydrogens (tertiary/aromatic N) is 1. The van der Waals surface area contributed by atoms with Crippen LogP contribution in [0.15, 0.2) is 11.6 Å². The first kappa shape index (κ1) is 15.8. The van der Waals surface area contributed by atoms with Gasteiger partial charge in [0.25, 0.3) is 0 Å². The maximum atomic E-state index is 12.2. The van der Waals surface area contributed by atoms with Crippen molar-refractivity contribution in [2.75, 3.05) is 6.61 Å². The molecule has 23 heavy (non-hydrogen) atoms. The number of esters is 1. The zero-order chi connectivity index (χ0) is 16.9. The lowest BCUT2D eigenvalue weighted by molar-refractivity contribution is -0.712. The Bertz CT molecular complexity index is 843. The molecule has 2 aromatic heterocycles. The van der Waals surface area contributed by atoms with Gasteiger partial charge in [-0.05, 0) is 32.8 Å². The molecule has 0 saturated carbocycles. The topological polar surface area (TPSA) is 46.0 Å². The van der Waals surface area contributed by atoms with Crippen molar-refractivity contribution in [2.24, 2.45) is 0 Å². The number of pyridine rings is 1. The number of rotatable bonds is 3. The molecule has 1 aliphatic heterocycles. The van der Waals surface area contributed by atoms with Crippen LogP contribution in [0.4, 0.5) is 0 Å². The number of H-pyrrole nitrogens is 1. The van der Waals surface area contributed by atoms with Crippen molar-refractivity contribution in [3.8, 4) is 0 Å². The Labute approximate surface area is 137 Å². The quantitative estimate of drug-likeness (QED) is 0.687. The molecule has 0 fully saturated rings. The molecule has 0 bridgehead atoms. The monoisotopic (exact) mass is 313 g/mol. The van der Waals surface area contributed by atoms with Gasteiger partial charge in [0.15, 0.2) is 11.7 Å². The number of aromatic nitrogens is 2. The second-order valence-corrected chi connectivity index (χ2v) is 6.30. The fraction of sp³-hybridized carbons (Fsp3) is 0.474. The minimum Gasteiger partial charge on any atom is -0.461 e. The summed E-state index contributed by atoms with van der Waals surface area (Å²) in [6.45, 7) is 13.0. The highest BCUT2D eigenvalue weighted by Crippen LogP contribution is 2.35. The molecule has 1 N–H and O–H groups in total. The average Bonchev–Trinajstić information content (AvgIpc) is 2.96. The molecule has 0 radical (unpaired) electrons. The van der Waals surface area contributed by atoms with E-state index in [1.165, 1.54) is 22.5 Å². The van der Waals surface area contributed by atoms with E-state index in [0.717, 1.165) is 22.9 Å². The maximum absolute atomic E-state index is 12.2. The van der Waals surface area contributed by atoms with Crippen LogP contribution in [0.2, 0.25) is 0 Å². The van der Waals surface area contributed by atoms with Crippen molar-refractivity contribution in [1.82, 2.24) is 4.98 Å². The third-order valence-electron chi connectivity index (χ3n) is 5.16. The number of nitrogens with one attached hydrogen (secondary N) is 1. The zero-order valence-corrected chi connectivity index (χ0v) is 14.8. The molecular formula is C19H25N2O2+. The Morgan fingerprint density at radius 1 is 1.30 bits per heavy atom. The van der Waals surface area contributed by atoms with Crippen molar-refractivity contribution in [3.05, 3.63) is 34.3 Å². The molecule has 3 rings (SSSR count). The first-order valence-corrected chi connectivity index (χ1v) is 8.36. The smallest absolute Gasteiger partial charge is 0.355 e. The van der Waals surface area contributed by atoms with Gasteiger partial charge in [-0.2, -0.15) is 4.57 Å². The molecule has 0 saturated heterocycles. The molecule has 3 heterocycles. The van der Waals surface area contributed by atoms with Crippen molar-refractivity contribution in [2.45, 2.75) is 54.0 Å². The maximum Gasteiger partial charge on any atom is 0.355 e. The summed E-state index contributed by atoms with van der Waals surface area (Å²) >= 11 is 0. The normalized spacial score (nSPS) is 17.0. The lowest BCUT2D eigenvalue weighted by Crippen LogP contribution is -2.41. The Morgan fingerprint density at radius 3 is 2.61 bits per heavy atom. The van der Waals surface area contributed by atoms with Gasteiger partial charge in [0.05, 0.1) is 17.5 Å². The van der Waals surface area contributed by atoms with E-state index >= 15 is 0 Å². The number of fused-ring (bicyclic) bond motifs is 2. The fourth-order valence-corrected chi connectivity index (χ4v) is 4.09. The highest BCUT2D eigenvalue weighted by molar-refractivity contribution is 5.99. The van der Waals surface area contributed by atoms with E-state index in [2.05, 4.69) is 43.3 Å². The van der Waals surface area contributed by atoms with Crippen LogP contribution in [-0.4, -0.2) is 17.6 Å². The summed E-state index contributed by atoms with van der Waals surface area (Å²) in [5, 5.41) is 1.13. The minimum atomic E-state index is -0.277. The number of hydrogen-bond donors (Lipinski definition) is 1. The van der Waals surface area contributed by atoms with Gasteiger partial charge >= 0.3 is 5.97 Å². The highest BCUT2D eigenvalue weighted by Gasteiger charge is 2.36. The SMILES string of the molecule is CCOC(=O)c1[nH]c2cc3[n+](c(C)c2c1C)[C@@H](C)C(CC)=C3C. The van der Waals surface area contributed by atoms with Gasteiger partial charge in [0.2, 0.25) is 5.69 Å². The number of carbonyl (C=O) groups excluding carboxylic acids is 1. The predicted octanol–water partition coefficient (Wildman–Crippen LogP) is 4.01. The second kappa shape index (κ2) is 5.52. The van der Waals surface area contributed by atoms with Crippen LogP contribution in [0.5, 0.6) is 0 Å². The summed E-state index contributed by atoms with van der Waals surface area (Å²) in [7, 11) is 0. The molecular weight excluding hydrogens is 288 g/mol. The summed E-state index contributed by atoms with van der Waals surface area (Å²) in [5.74, 6) is -0.277. The molecule has 0 unspecified atom stereocenters. The van der Waals surface area contributed by atoms with Crippen LogP contribution in [-0.2, 0) is 4.74 Å². The van der Waals surface area contributed by atoms with Gasteiger partial charge in [-0.3, -0.25) is 0 Å². The van der Waals surface area contributed by atoms with E-state index in [1.807, 2.05) is 13.8 Å². The molecule has 2 aromatic rings. The van der Waals surface area contributed by atoms with Crippen LogP contribution >= 0.6 is 0 Å². The average molecular weight is 313 g/mol. The first-order valence-electron chi connectivity index (χ1n) is 8.36. The summed E-state index contributed by atoms with van der Waals surface area (Å²) < 4.78 is 7.56. The van der Waals surface area contributed by atoms with E-state index in [0.29, 0.717) is 18.3 Å². The fourth-order valence-electron chi connectivity index (χ4n) is 4.09. The lowest BCUT2D eigenvalue weighted by atomic mass is 10.0. The van der Waals surface area contributed by atoms with Gasteiger partial charge in [-0.15, -0.1) is 0 Å². The van der Waals surface area contributed by atoms with Gasteiger partial charge in [-0.25, -0.2) is 4.79 Å². The van der Waals surface area contributed by atoms with Crippen LogP contribution in [0.25, 0.3) is 16.5 Å². The summed E-state index contributed by atoms with van der Waals surface area (Å²) in [6, 6.07) is 2.55. The van der Waals surface area contributed by atoms with E-state index < -0.39 is 0 Å². The van der Waals surface area contributed by atoms with Gasteiger partial charge < -0.3 is 9.72 Å². The van der Waals surface area contributed by atoms with Crippen LogP contribution in [0.1, 0.15) is 67.6 Å². The molecule has 0 aliphatic carbocycles. The van der Waals surface area contributed by atoms with E-state index in [1.54, 1.807) is 0 Å². The van der Waals surface area contributed by atoms with Crippen molar-refractivity contribution in [1.29, 1.82) is 0 Å². The summed E-state index contributed by atoms with van der Waals surface area (Å²) in [5.41, 5.74) is 7.85. The molecule has 122 valence electrons. The van der Waals surface area contributed by atoms with Crippen LogP contribution in [0.3, 0.4) is 0 Å². The zero-order valence-electron chi connectivity index (χ0n) is 14.8. The standard InChI is InChI=1S/C19H24N2O2/c1-7-14-10(3)16-9-15-17(13(6)21(16)12(14)5)11(4)18(20-15)19(22)23-8-2/h9,12H,7-8H2,1-6H3/p+1/t12-/m0/s1. The molecule has 0 spiro atoms. The van der Waals surface area contributed by atoms with E-state index in [4.69, 9.17) is 4.74 Å². The highest BCUT2D eigenvalue weighted by atomic mass is 16.5. The molecule has 1 aliphatic rings. The first-order chi connectivity index (χ1) is 10.9. The van der Waals surface area contributed by atoms with E-state index in [-0.39, 0.29) is 5.97 Å². The van der Waals surface area contributed by atoms with Gasteiger partial charge in [-0.1, -0.05) is 6.92 Å². The predicted molar refractivity (Wildman–Crippen MR) is 91.5 cm³/mol. The van der Waals surface area contributed by atoms with Crippen LogP contribution < -0.4 is 4.57 Å². The number of carbonyl (C=O) groups is 1. The lowest BCUT2D eigenvalue weighted by Gasteiger charge is -2.08. The number of ether oxygens (including phenoxy) is 1. The molecule has 0 amide bonds. The molecule has 1 atom stereocenters. The Kier molecular flexibility index (Phi) is 3.78. The number of aromatic amines is 1. The third-order valence-corrected chi connectivity index (χ3v) is 5.16. The van der Waals surface area contributed by atoms with Crippen molar-refractivity contribution >= 4 is 22.4 Å². The number of hydrogen-bond acceptors (Lipinski definition) is 2. The van der Waals surface area contributed by atoms with Crippen molar-refractivity contribution in [3.63, 3.8) is 0 Å². The summed E-state index contributed by atoms with van der Waals surface area (Å²) in [4.78, 5) is 15.4. The Balaban J connectivity index is 2.27. The molecule has 0 aromatic carbocycles. The number of aryl methyl sites for hydroxylation is 2. The van der Waals surface area contributed by atoms with Gasteiger partial charge in [0, 0.05) is 31.1 Å². The number of allylic oxidation sites excluding steroid dienone is 2. The molecule has 4 nitrogen and oxygen atoms in total. The summed E-state index contributed by atoms with van der Waals surface area (Å²) in [6.07, 6.45) is 1.06. The second-order valence-electron chi connectivity index (χ2n) is 6.30. The Morgan fingerprint density at radius 2 is 2.00 bits per heavy atom. The van der Waals surface area contributed by atoms with E-state index in [9.17, 15) is 4.79 Å². The third kappa shape index (κ3) is 2.12. The Hall–Kier alpha value is -2.10. The van der Waals surface area contributed by atoms with Crippen LogP contribution in [0, 0.1) is 13.8 Å². The molecule has 4 heteroatoms. The van der Waals surface area contributed by atoms with Gasteiger partial charge in [0.1, 0.15) is 5.69 Å². The largest absolute Gasteiger partial charge is 0.461 e. The minimum absolute atomic E-state index is 0.277. The van der Waals surface area contributed by atoms with Crippen molar-refractivity contribution < 1.29 is 14.1 Å².